The Bertz CT molecular complexity index is 2700. The van der Waals surface area contributed by atoms with Gasteiger partial charge in [0.1, 0.15) is 11.2 Å². The van der Waals surface area contributed by atoms with Gasteiger partial charge in [-0.3, -0.25) is 0 Å². The van der Waals surface area contributed by atoms with Crippen molar-refractivity contribution in [1.29, 1.82) is 0 Å². The summed E-state index contributed by atoms with van der Waals surface area (Å²) in [5, 5.41) is 14.7. The maximum atomic E-state index is 12.3. The molecular formula is C58H71BrN6O4. The summed E-state index contributed by atoms with van der Waals surface area (Å²) in [5.41, 5.74) is 1.87. The van der Waals surface area contributed by atoms with E-state index in [2.05, 4.69) is 164 Å². The zero-order valence-electron chi connectivity index (χ0n) is 41.4. The first-order valence-corrected chi connectivity index (χ1v) is 25.9. The van der Waals surface area contributed by atoms with Crippen LogP contribution in [-0.2, 0) is 9.47 Å². The van der Waals surface area contributed by atoms with Crippen molar-refractivity contribution in [3.63, 3.8) is 0 Å². The molecule has 6 saturated heterocycles. The van der Waals surface area contributed by atoms with E-state index in [0.717, 1.165) is 68.7 Å². The number of carbonyl (C=O) groups is 2. The van der Waals surface area contributed by atoms with E-state index in [4.69, 9.17) is 9.47 Å². The van der Waals surface area contributed by atoms with Gasteiger partial charge in [-0.15, -0.1) is 0 Å². The second-order valence-corrected chi connectivity index (χ2v) is 22.9. The lowest BCUT2D eigenvalue weighted by atomic mass is 10.0. The third-order valence-corrected chi connectivity index (χ3v) is 15.0. The normalized spacial score (nSPS) is 23.6. The van der Waals surface area contributed by atoms with Crippen LogP contribution in [0.5, 0.6) is 0 Å². The number of fused-ring (bicyclic) bond motifs is 6. The number of ether oxygens (including phenoxy) is 2. The third kappa shape index (κ3) is 12.3. The fourth-order valence-electron chi connectivity index (χ4n) is 11.0. The van der Waals surface area contributed by atoms with E-state index in [1.54, 1.807) is 0 Å². The molecule has 10 nitrogen and oxygen atoms in total. The van der Waals surface area contributed by atoms with Gasteiger partial charge < -0.3 is 39.7 Å². The van der Waals surface area contributed by atoms with E-state index in [1.807, 2.05) is 51.3 Å². The molecule has 0 radical (unpaired) electrons. The first-order chi connectivity index (χ1) is 33.1. The van der Waals surface area contributed by atoms with Crippen LogP contribution in [0.1, 0.15) is 41.5 Å². The highest BCUT2D eigenvalue weighted by Gasteiger charge is 2.43. The summed E-state index contributed by atoms with van der Waals surface area (Å²) in [6, 6.07) is 45.3. The molecule has 6 heterocycles. The predicted molar refractivity (Wildman–Crippen MR) is 286 cm³/mol. The Morgan fingerprint density at radius 3 is 1.14 bits per heavy atom. The summed E-state index contributed by atoms with van der Waals surface area (Å²) in [5.74, 6) is 4.07. The van der Waals surface area contributed by atoms with Crippen molar-refractivity contribution in [2.45, 2.75) is 52.7 Å². The van der Waals surface area contributed by atoms with Crippen LogP contribution < -0.4 is 20.4 Å². The minimum Gasteiger partial charge on any atom is -0.444 e. The fraction of sp³-hybridized carbons (Fsp3) is 0.448. The van der Waals surface area contributed by atoms with Crippen molar-refractivity contribution in [2.75, 3.05) is 88.3 Å². The smallest absolute Gasteiger partial charge is 0.410 e. The Labute approximate surface area is 417 Å². The molecule has 12 rings (SSSR count). The first kappa shape index (κ1) is 48.7. The lowest BCUT2D eigenvalue weighted by molar-refractivity contribution is 0.0272. The lowest BCUT2D eigenvalue weighted by Gasteiger charge is -2.26. The molecule has 6 fully saturated rings. The number of nitrogens with zero attached hydrogens (tertiary/aromatic N) is 4. The summed E-state index contributed by atoms with van der Waals surface area (Å²) in [7, 11) is 0. The Kier molecular flexibility index (Phi) is 14.8. The predicted octanol–water partition coefficient (Wildman–Crippen LogP) is 11.3. The molecule has 69 heavy (non-hydrogen) atoms. The second-order valence-electron chi connectivity index (χ2n) is 22.0. The number of anilines is 2. The number of benzene rings is 6. The van der Waals surface area contributed by atoms with Crippen LogP contribution in [0.4, 0.5) is 21.0 Å². The van der Waals surface area contributed by atoms with Crippen molar-refractivity contribution in [1.82, 2.24) is 20.4 Å². The standard InChI is InChI=1S/C21H26N2O2.C16H18N2.C11H20N2O2.C10H7Br/c1-21(2,3)25-20(24)23-13-17-11-22(12-18(17)14-23)19-9-8-15-6-4-5-7-16(15)10-19;1-2-4-13-7-16(6-5-12(13)3-1)18-10-14-8-17-9-15(14)11-18;1-11(2,3)15-10(14)13-6-8-4-12-5-9(8)7-13;11-10-6-5-8-3-1-2-4-9(8)7-10/h4-10,17-18H,11-14H2,1-3H3;1-7,14-15,17H,8-11H2;8-9,12H,4-7H2,1-3H3;1-7H. The molecule has 6 aromatic rings. The third-order valence-electron chi connectivity index (χ3n) is 14.5. The van der Waals surface area contributed by atoms with Gasteiger partial charge in [0.15, 0.2) is 0 Å². The Morgan fingerprint density at radius 2 is 0.754 bits per heavy atom. The second kappa shape index (κ2) is 20.9. The molecule has 6 aliphatic rings. The zero-order chi connectivity index (χ0) is 48.3. The number of hydrogen-bond acceptors (Lipinski definition) is 8. The van der Waals surface area contributed by atoms with Crippen molar-refractivity contribution in [3.8, 4) is 0 Å². The van der Waals surface area contributed by atoms with Crippen molar-refractivity contribution in [2.24, 2.45) is 35.5 Å². The molecular weight excluding hydrogens is 925 g/mol. The summed E-state index contributed by atoms with van der Waals surface area (Å²) in [4.78, 5) is 32.8. The monoisotopic (exact) mass is 994 g/mol. The number of halogens is 1. The Balaban J connectivity index is 0.000000119. The van der Waals surface area contributed by atoms with Crippen LogP contribution in [0.15, 0.2) is 132 Å². The number of rotatable bonds is 2. The molecule has 6 unspecified atom stereocenters. The van der Waals surface area contributed by atoms with Gasteiger partial charge >= 0.3 is 12.2 Å². The summed E-state index contributed by atoms with van der Waals surface area (Å²) < 4.78 is 12.0. The zero-order valence-corrected chi connectivity index (χ0v) is 43.0. The molecule has 6 aromatic carbocycles. The van der Waals surface area contributed by atoms with E-state index in [0.29, 0.717) is 23.7 Å². The van der Waals surface area contributed by atoms with Gasteiger partial charge in [-0.05, 0) is 134 Å². The van der Waals surface area contributed by atoms with Gasteiger partial charge in [-0.2, -0.15) is 0 Å². The summed E-state index contributed by atoms with van der Waals surface area (Å²) in [6.07, 6.45) is -0.323. The van der Waals surface area contributed by atoms with Crippen molar-refractivity contribution >= 4 is 71.8 Å². The molecule has 2 amide bonds. The van der Waals surface area contributed by atoms with Crippen LogP contribution in [0.2, 0.25) is 0 Å². The van der Waals surface area contributed by atoms with Crippen LogP contribution in [0, 0.1) is 35.5 Å². The maximum absolute atomic E-state index is 12.3. The van der Waals surface area contributed by atoms with Gasteiger partial charge in [0.05, 0.1) is 0 Å². The van der Waals surface area contributed by atoms with E-state index < -0.39 is 5.60 Å². The van der Waals surface area contributed by atoms with Crippen LogP contribution in [0.25, 0.3) is 32.3 Å². The molecule has 0 spiro atoms. The molecule has 0 aromatic heterocycles. The van der Waals surface area contributed by atoms with E-state index in [1.165, 1.54) is 69.9 Å². The van der Waals surface area contributed by atoms with Gasteiger partial charge in [0, 0.05) is 106 Å². The topological polar surface area (TPSA) is 89.6 Å². The molecule has 2 N–H and O–H groups in total. The molecule has 0 saturated carbocycles. The number of amides is 2. The quantitative estimate of drug-likeness (QED) is 0.177. The number of hydrogen-bond donors (Lipinski definition) is 2. The Morgan fingerprint density at radius 1 is 0.435 bits per heavy atom. The van der Waals surface area contributed by atoms with Crippen molar-refractivity contribution < 1.29 is 19.1 Å². The van der Waals surface area contributed by atoms with Crippen molar-refractivity contribution in [3.05, 3.63) is 132 Å². The molecule has 364 valence electrons. The highest BCUT2D eigenvalue weighted by atomic mass is 79.9. The average molecular weight is 996 g/mol. The van der Waals surface area contributed by atoms with E-state index in [9.17, 15) is 9.59 Å². The van der Waals surface area contributed by atoms with Crippen LogP contribution >= 0.6 is 15.9 Å². The molecule has 6 aliphatic heterocycles. The highest BCUT2D eigenvalue weighted by molar-refractivity contribution is 9.10. The van der Waals surface area contributed by atoms with E-state index in [-0.39, 0.29) is 17.8 Å². The minimum atomic E-state index is -0.425. The SMILES string of the molecule is Brc1ccc2ccccc2c1.CC(C)(C)OC(=O)N1CC2CN(c3ccc4ccccc4c3)CC2C1.CC(C)(C)OC(=O)N1CC2CNCC2C1.c1ccc2cc(N3CC4CNCC4C3)ccc2c1. The lowest BCUT2D eigenvalue weighted by Crippen LogP contribution is -2.37. The largest absolute Gasteiger partial charge is 0.444 e. The van der Waals surface area contributed by atoms with Gasteiger partial charge in [-0.1, -0.05) is 107 Å². The number of carbonyl (C=O) groups excluding carboxylic acids is 2. The molecule has 0 bridgehead atoms. The molecule has 0 aliphatic carbocycles. The summed E-state index contributed by atoms with van der Waals surface area (Å²) >= 11 is 3.43. The van der Waals surface area contributed by atoms with E-state index >= 15 is 0 Å². The number of nitrogens with one attached hydrogen (secondary N) is 2. The van der Waals surface area contributed by atoms with Crippen LogP contribution in [0.3, 0.4) is 0 Å². The number of likely N-dealkylation sites (tertiary alicyclic amines) is 2. The fourth-order valence-corrected chi connectivity index (χ4v) is 11.4. The van der Waals surface area contributed by atoms with Gasteiger partial charge in [-0.25, -0.2) is 9.59 Å². The maximum Gasteiger partial charge on any atom is 0.410 e. The first-order valence-electron chi connectivity index (χ1n) is 25.1. The minimum absolute atomic E-state index is 0.156. The molecule has 11 heteroatoms. The molecule has 6 atom stereocenters. The van der Waals surface area contributed by atoms with Crippen LogP contribution in [-0.4, -0.2) is 112 Å². The average Bonchev–Trinajstić information content (AvgIpc) is 4.18. The van der Waals surface area contributed by atoms with Gasteiger partial charge in [0.25, 0.3) is 0 Å². The van der Waals surface area contributed by atoms with Gasteiger partial charge in [0.2, 0.25) is 0 Å². The highest BCUT2D eigenvalue weighted by Crippen LogP contribution is 2.36. The summed E-state index contributed by atoms with van der Waals surface area (Å²) in [6.45, 7) is 23.8. The Hall–Kier alpha value is -5.36.